The molecular weight excluding hydrogens is 442 g/mol. The molecule has 0 aromatic carbocycles. The highest BCUT2D eigenvalue weighted by molar-refractivity contribution is 5.68. The minimum absolute atomic E-state index is 0.0586. The van der Waals surface area contributed by atoms with E-state index in [4.69, 9.17) is 4.74 Å². The third-order valence-electron chi connectivity index (χ3n) is 8.53. The number of hydrogen-bond donors (Lipinski definition) is 0. The Hall–Kier alpha value is -0.570. The Bertz CT molecular complexity index is 492. The van der Waals surface area contributed by atoms with Gasteiger partial charge in [0.2, 0.25) is 0 Å². The van der Waals surface area contributed by atoms with Gasteiger partial charge in [-0.2, -0.15) is 0 Å². The number of hydrogen-bond acceptors (Lipinski definition) is 3. The first kappa shape index (κ1) is 33.5. The van der Waals surface area contributed by atoms with Crippen molar-refractivity contribution in [2.75, 3.05) is 27.7 Å². The minimum atomic E-state index is -0.0586. The molecule has 3 unspecified atom stereocenters. The summed E-state index contributed by atoms with van der Waals surface area (Å²) in [6.07, 6.45) is 32.9. The Balaban J connectivity index is 1.90. The predicted molar refractivity (Wildman–Crippen MR) is 158 cm³/mol. The van der Waals surface area contributed by atoms with Crippen molar-refractivity contribution in [1.29, 1.82) is 0 Å². The Labute approximate surface area is 226 Å². The Kier molecular flexibility index (Phi) is 21.9. The second-order valence-corrected chi connectivity index (χ2v) is 12.4. The number of ether oxygens (including phenoxy) is 1. The van der Waals surface area contributed by atoms with Crippen molar-refractivity contribution in [2.24, 2.45) is 17.8 Å². The van der Waals surface area contributed by atoms with Crippen molar-refractivity contribution in [3.05, 3.63) is 0 Å². The molecule has 0 aromatic rings. The fourth-order valence-corrected chi connectivity index (χ4v) is 6.11. The van der Waals surface area contributed by atoms with Crippen LogP contribution in [0.4, 0.5) is 0 Å². The summed E-state index contributed by atoms with van der Waals surface area (Å²) < 4.78 is 4.69. The molecule has 3 atom stereocenters. The molecule has 214 valence electrons. The topological polar surface area (TPSA) is 29.5 Å². The van der Waals surface area contributed by atoms with E-state index >= 15 is 0 Å². The number of methoxy groups -OCH3 is 1. The molecule has 3 nitrogen and oxygen atoms in total. The lowest BCUT2D eigenvalue weighted by Crippen LogP contribution is -2.21. The fourth-order valence-electron chi connectivity index (χ4n) is 6.11. The second kappa shape index (κ2) is 23.5. The predicted octanol–water partition coefficient (Wildman–Crippen LogP) is 9.97. The van der Waals surface area contributed by atoms with E-state index in [0.717, 1.165) is 24.2 Å². The van der Waals surface area contributed by atoms with Crippen molar-refractivity contribution in [3.63, 3.8) is 0 Å². The third kappa shape index (κ3) is 20.5. The summed E-state index contributed by atoms with van der Waals surface area (Å²) in [6, 6.07) is 0. The molecule has 36 heavy (non-hydrogen) atoms. The standard InChI is InChI=1S/C33H65NO2/c1-5-6-7-8-10-13-18-23-30(29-34(2)3)24-19-16-17-21-26-32-28-31(32)25-20-14-11-9-12-15-22-27-33(35)36-4/h30-32H,5-29H2,1-4H3. The van der Waals surface area contributed by atoms with Crippen LogP contribution in [0.3, 0.4) is 0 Å². The highest BCUT2D eigenvalue weighted by atomic mass is 16.5. The van der Waals surface area contributed by atoms with Crippen LogP contribution in [-0.2, 0) is 9.53 Å². The summed E-state index contributed by atoms with van der Waals surface area (Å²) >= 11 is 0. The van der Waals surface area contributed by atoms with Gasteiger partial charge in [0.25, 0.3) is 0 Å². The van der Waals surface area contributed by atoms with Crippen molar-refractivity contribution in [1.82, 2.24) is 4.90 Å². The van der Waals surface area contributed by atoms with Gasteiger partial charge in [-0.1, -0.05) is 129 Å². The average Bonchev–Trinajstić information content (AvgIpc) is 3.61. The van der Waals surface area contributed by atoms with Crippen molar-refractivity contribution in [2.45, 2.75) is 161 Å². The quantitative estimate of drug-likeness (QED) is 0.0818. The Morgan fingerprint density at radius 3 is 1.61 bits per heavy atom. The molecule has 0 saturated heterocycles. The molecule has 1 aliphatic rings. The Morgan fingerprint density at radius 1 is 0.694 bits per heavy atom. The molecular formula is C33H65NO2. The van der Waals surface area contributed by atoms with Gasteiger partial charge in [-0.3, -0.25) is 4.79 Å². The van der Waals surface area contributed by atoms with Gasteiger partial charge >= 0.3 is 5.97 Å². The molecule has 0 bridgehead atoms. The maximum absolute atomic E-state index is 11.1. The zero-order valence-corrected chi connectivity index (χ0v) is 25.2. The van der Waals surface area contributed by atoms with Crippen LogP contribution in [0.15, 0.2) is 0 Å². The molecule has 1 fully saturated rings. The minimum Gasteiger partial charge on any atom is -0.469 e. The lowest BCUT2D eigenvalue weighted by Gasteiger charge is -2.21. The first-order valence-corrected chi connectivity index (χ1v) is 16.3. The lowest BCUT2D eigenvalue weighted by molar-refractivity contribution is -0.140. The fraction of sp³-hybridized carbons (Fsp3) is 0.970. The van der Waals surface area contributed by atoms with Crippen molar-refractivity contribution >= 4 is 5.97 Å². The number of nitrogens with zero attached hydrogens (tertiary/aromatic N) is 1. The lowest BCUT2D eigenvalue weighted by atomic mass is 9.93. The number of rotatable bonds is 27. The highest BCUT2D eigenvalue weighted by Gasteiger charge is 2.35. The van der Waals surface area contributed by atoms with E-state index in [9.17, 15) is 4.79 Å². The van der Waals surface area contributed by atoms with Gasteiger partial charge in [0.05, 0.1) is 7.11 Å². The van der Waals surface area contributed by atoms with Gasteiger partial charge in [0.1, 0.15) is 0 Å². The largest absolute Gasteiger partial charge is 0.469 e. The molecule has 0 heterocycles. The first-order valence-electron chi connectivity index (χ1n) is 16.3. The van der Waals surface area contributed by atoms with Crippen molar-refractivity contribution < 1.29 is 9.53 Å². The van der Waals surface area contributed by atoms with Crippen LogP contribution in [0.5, 0.6) is 0 Å². The van der Waals surface area contributed by atoms with Crippen LogP contribution >= 0.6 is 0 Å². The smallest absolute Gasteiger partial charge is 0.305 e. The van der Waals surface area contributed by atoms with Crippen LogP contribution in [0.1, 0.15) is 161 Å². The van der Waals surface area contributed by atoms with Crippen LogP contribution < -0.4 is 0 Å². The summed E-state index contributed by atoms with van der Waals surface area (Å²) in [4.78, 5) is 13.5. The molecule has 0 radical (unpaired) electrons. The van der Waals surface area contributed by atoms with E-state index in [2.05, 4.69) is 25.9 Å². The van der Waals surface area contributed by atoms with Gasteiger partial charge in [-0.15, -0.1) is 0 Å². The molecule has 1 saturated carbocycles. The average molecular weight is 508 g/mol. The molecule has 0 aromatic heterocycles. The molecule has 0 spiro atoms. The normalized spacial score (nSPS) is 18.0. The number of esters is 1. The van der Waals surface area contributed by atoms with E-state index in [1.54, 1.807) is 0 Å². The summed E-state index contributed by atoms with van der Waals surface area (Å²) in [6.45, 7) is 3.59. The van der Waals surface area contributed by atoms with Crippen LogP contribution in [0.2, 0.25) is 0 Å². The molecule has 0 N–H and O–H groups in total. The number of carbonyl (C=O) groups excluding carboxylic acids is 1. The van der Waals surface area contributed by atoms with E-state index in [0.29, 0.717) is 6.42 Å². The maximum atomic E-state index is 11.1. The molecule has 3 heteroatoms. The summed E-state index contributed by atoms with van der Waals surface area (Å²) in [5.74, 6) is 3.00. The van der Waals surface area contributed by atoms with E-state index in [-0.39, 0.29) is 5.97 Å². The van der Waals surface area contributed by atoms with E-state index in [1.165, 1.54) is 155 Å². The Morgan fingerprint density at radius 2 is 1.14 bits per heavy atom. The SMILES string of the molecule is CCCCCCCCCC(CCCCCCC1CC1CCCCCCCCCC(=O)OC)CN(C)C. The van der Waals surface area contributed by atoms with Gasteiger partial charge < -0.3 is 9.64 Å². The second-order valence-electron chi connectivity index (χ2n) is 12.4. The molecule has 0 amide bonds. The van der Waals surface area contributed by atoms with Gasteiger partial charge in [0.15, 0.2) is 0 Å². The maximum Gasteiger partial charge on any atom is 0.305 e. The third-order valence-corrected chi connectivity index (χ3v) is 8.53. The van der Waals surface area contributed by atoms with Gasteiger partial charge in [-0.05, 0) is 57.5 Å². The van der Waals surface area contributed by atoms with Crippen LogP contribution in [-0.4, -0.2) is 38.6 Å². The number of carbonyl (C=O) groups is 1. The highest BCUT2D eigenvalue weighted by Crippen LogP contribution is 2.45. The van der Waals surface area contributed by atoms with E-state index in [1.807, 2.05) is 0 Å². The summed E-state index contributed by atoms with van der Waals surface area (Å²) in [7, 11) is 5.98. The van der Waals surface area contributed by atoms with E-state index < -0.39 is 0 Å². The zero-order chi connectivity index (χ0) is 26.3. The van der Waals surface area contributed by atoms with Crippen LogP contribution in [0.25, 0.3) is 0 Å². The molecule has 0 aliphatic heterocycles. The van der Waals surface area contributed by atoms with Crippen molar-refractivity contribution in [3.8, 4) is 0 Å². The summed E-state index contributed by atoms with van der Waals surface area (Å²) in [5, 5.41) is 0. The monoisotopic (exact) mass is 508 g/mol. The van der Waals surface area contributed by atoms with Crippen LogP contribution in [0, 0.1) is 17.8 Å². The summed E-state index contributed by atoms with van der Waals surface area (Å²) in [5.41, 5.74) is 0. The van der Waals surface area contributed by atoms with Gasteiger partial charge in [0, 0.05) is 13.0 Å². The first-order chi connectivity index (χ1) is 17.6. The van der Waals surface area contributed by atoms with Gasteiger partial charge in [-0.25, -0.2) is 0 Å². The zero-order valence-electron chi connectivity index (χ0n) is 25.2. The molecule has 1 aliphatic carbocycles. The molecule has 1 rings (SSSR count). The number of unbranched alkanes of at least 4 members (excludes halogenated alkanes) is 15.